The zero-order chi connectivity index (χ0) is 17.3. The number of piperazine rings is 1. The Morgan fingerprint density at radius 2 is 1.96 bits per heavy atom. The number of carbonyl (C=O) groups is 1. The van der Waals surface area contributed by atoms with Gasteiger partial charge in [0.15, 0.2) is 5.84 Å². The third-order valence-corrected chi connectivity index (χ3v) is 4.98. The number of halogens is 1. The smallest absolute Gasteiger partial charge is 0.249 e. The Kier molecular flexibility index (Phi) is 4.76. The number of allylic oxidation sites excluding steroid dienone is 2. The molecule has 1 amide bonds. The van der Waals surface area contributed by atoms with Crippen molar-refractivity contribution in [2.75, 3.05) is 11.9 Å². The van der Waals surface area contributed by atoms with Gasteiger partial charge < -0.3 is 9.80 Å². The first-order chi connectivity index (χ1) is 11.6. The van der Waals surface area contributed by atoms with Crippen molar-refractivity contribution in [3.05, 3.63) is 52.8 Å². The maximum absolute atomic E-state index is 12.9. The van der Waals surface area contributed by atoms with Crippen LogP contribution in [0.2, 0.25) is 0 Å². The van der Waals surface area contributed by atoms with Gasteiger partial charge in [-0.1, -0.05) is 49.7 Å². The van der Waals surface area contributed by atoms with E-state index >= 15 is 0 Å². The minimum atomic E-state index is -0.277. The molecule has 1 saturated heterocycles. The van der Waals surface area contributed by atoms with Crippen molar-refractivity contribution >= 4 is 29.0 Å². The van der Waals surface area contributed by atoms with Gasteiger partial charge in [-0.05, 0) is 37.0 Å². The SMILES string of the molecule is CCC1=C(Cl)N=C2C(=CC1)N(C)C(=O)C(CC)N2c1ccccc1. The molecule has 1 unspecified atom stereocenters. The highest BCUT2D eigenvalue weighted by molar-refractivity contribution is 6.31. The Morgan fingerprint density at radius 3 is 2.58 bits per heavy atom. The number of likely N-dealkylation sites (N-methyl/N-ethyl adjacent to an activating group) is 1. The zero-order valence-electron chi connectivity index (χ0n) is 14.3. The Labute approximate surface area is 148 Å². The Hall–Kier alpha value is -2.07. The number of hydrogen-bond acceptors (Lipinski definition) is 3. The average molecular weight is 344 g/mol. The van der Waals surface area contributed by atoms with Gasteiger partial charge in [-0.15, -0.1) is 0 Å². The Bertz CT molecular complexity index is 736. The van der Waals surface area contributed by atoms with Gasteiger partial charge in [0.25, 0.3) is 0 Å². The summed E-state index contributed by atoms with van der Waals surface area (Å²) in [5.41, 5.74) is 2.88. The fourth-order valence-corrected chi connectivity index (χ4v) is 3.52. The molecule has 0 N–H and O–H groups in total. The Morgan fingerprint density at radius 1 is 1.25 bits per heavy atom. The largest absolute Gasteiger partial charge is 0.312 e. The second-order valence-corrected chi connectivity index (χ2v) is 6.36. The summed E-state index contributed by atoms with van der Waals surface area (Å²) in [6, 6.07) is 9.65. The molecule has 0 radical (unpaired) electrons. The van der Waals surface area contributed by atoms with Gasteiger partial charge in [-0.25, -0.2) is 4.99 Å². The lowest BCUT2D eigenvalue weighted by Gasteiger charge is -2.42. The van der Waals surface area contributed by atoms with E-state index in [1.54, 1.807) is 4.90 Å². The quantitative estimate of drug-likeness (QED) is 0.767. The number of rotatable bonds is 3. The van der Waals surface area contributed by atoms with Gasteiger partial charge in [-0.2, -0.15) is 0 Å². The highest BCUT2D eigenvalue weighted by atomic mass is 35.5. The first-order valence-electron chi connectivity index (χ1n) is 8.37. The van der Waals surface area contributed by atoms with E-state index in [9.17, 15) is 4.79 Å². The average Bonchev–Trinajstić information content (AvgIpc) is 2.77. The van der Waals surface area contributed by atoms with Gasteiger partial charge in [0.2, 0.25) is 5.91 Å². The van der Waals surface area contributed by atoms with Gasteiger partial charge in [0.1, 0.15) is 11.2 Å². The number of para-hydroxylation sites is 1. The summed E-state index contributed by atoms with van der Waals surface area (Å²) in [6.45, 7) is 4.09. The first kappa shape index (κ1) is 16.8. The summed E-state index contributed by atoms with van der Waals surface area (Å²) in [6.07, 6.45) is 4.33. The molecule has 2 aliphatic rings. The first-order valence-corrected chi connectivity index (χ1v) is 8.74. The molecule has 126 valence electrons. The molecule has 3 rings (SSSR count). The molecular formula is C19H22ClN3O. The number of amidine groups is 1. The highest BCUT2D eigenvalue weighted by Gasteiger charge is 2.40. The second kappa shape index (κ2) is 6.81. The van der Waals surface area contributed by atoms with Crippen molar-refractivity contribution in [1.82, 2.24) is 4.90 Å². The summed E-state index contributed by atoms with van der Waals surface area (Å²) in [4.78, 5) is 21.3. The minimum absolute atomic E-state index is 0.0858. The normalized spacial score (nSPS) is 21.3. The molecule has 1 aromatic rings. The topological polar surface area (TPSA) is 35.9 Å². The van der Waals surface area contributed by atoms with Crippen LogP contribution in [0.4, 0.5) is 5.69 Å². The van der Waals surface area contributed by atoms with E-state index in [1.807, 2.05) is 49.2 Å². The molecule has 1 atom stereocenters. The van der Waals surface area contributed by atoms with Crippen LogP contribution in [-0.4, -0.2) is 29.7 Å². The molecule has 1 aromatic carbocycles. The van der Waals surface area contributed by atoms with E-state index in [0.29, 0.717) is 18.0 Å². The van der Waals surface area contributed by atoms with E-state index in [1.165, 1.54) is 0 Å². The van der Waals surface area contributed by atoms with E-state index in [0.717, 1.165) is 29.2 Å². The van der Waals surface area contributed by atoms with Gasteiger partial charge >= 0.3 is 0 Å². The van der Waals surface area contributed by atoms with Gasteiger partial charge in [-0.3, -0.25) is 4.79 Å². The molecule has 1 fully saturated rings. The van der Waals surface area contributed by atoms with Crippen LogP contribution in [0.15, 0.2) is 57.8 Å². The summed E-state index contributed by atoms with van der Waals surface area (Å²) in [5.74, 6) is 0.839. The molecule has 2 heterocycles. The number of fused-ring (bicyclic) bond motifs is 1. The number of aliphatic imine (C=N–C) groups is 1. The van der Waals surface area contributed by atoms with Gasteiger partial charge in [0, 0.05) is 12.7 Å². The third-order valence-electron chi connectivity index (χ3n) is 4.63. The van der Waals surface area contributed by atoms with E-state index in [4.69, 9.17) is 16.6 Å². The number of amides is 1. The summed E-state index contributed by atoms with van der Waals surface area (Å²) < 4.78 is 0. The fraction of sp³-hybridized carbons (Fsp3) is 0.368. The molecule has 0 bridgehead atoms. The molecule has 2 aliphatic heterocycles. The van der Waals surface area contributed by atoms with Crippen LogP contribution in [-0.2, 0) is 4.79 Å². The summed E-state index contributed by atoms with van der Waals surface area (Å²) >= 11 is 6.46. The van der Waals surface area contributed by atoms with Crippen LogP contribution >= 0.6 is 11.6 Å². The van der Waals surface area contributed by atoms with Crippen molar-refractivity contribution in [2.24, 2.45) is 4.99 Å². The second-order valence-electron chi connectivity index (χ2n) is 6.00. The summed E-state index contributed by atoms with van der Waals surface area (Å²) in [7, 11) is 1.82. The molecule has 0 aliphatic carbocycles. The van der Waals surface area contributed by atoms with Crippen LogP contribution in [0.1, 0.15) is 33.1 Å². The van der Waals surface area contributed by atoms with Crippen LogP contribution in [0.25, 0.3) is 0 Å². The molecule has 0 saturated carbocycles. The van der Waals surface area contributed by atoms with E-state index < -0.39 is 0 Å². The number of carbonyl (C=O) groups excluding carboxylic acids is 1. The van der Waals surface area contributed by atoms with E-state index in [-0.39, 0.29) is 11.9 Å². The number of benzene rings is 1. The Balaban J connectivity index is 2.19. The van der Waals surface area contributed by atoms with Crippen LogP contribution < -0.4 is 4.90 Å². The number of anilines is 1. The van der Waals surface area contributed by atoms with Gasteiger partial charge in [0.05, 0.1) is 5.70 Å². The van der Waals surface area contributed by atoms with Crippen molar-refractivity contribution in [2.45, 2.75) is 39.2 Å². The lowest BCUT2D eigenvalue weighted by atomic mass is 10.0. The predicted octanol–water partition coefficient (Wildman–Crippen LogP) is 4.29. The molecule has 5 heteroatoms. The van der Waals surface area contributed by atoms with Crippen molar-refractivity contribution in [3.63, 3.8) is 0 Å². The lowest BCUT2D eigenvalue weighted by molar-refractivity contribution is -0.129. The molecular weight excluding hydrogens is 322 g/mol. The zero-order valence-corrected chi connectivity index (χ0v) is 15.0. The van der Waals surface area contributed by atoms with Crippen molar-refractivity contribution in [3.8, 4) is 0 Å². The van der Waals surface area contributed by atoms with Crippen LogP contribution in [0, 0.1) is 0 Å². The standard InChI is InChI=1S/C19H22ClN3O/c1-4-13-11-12-16-18(21-17(13)20)23(14-9-7-6-8-10-14)15(5-2)19(24)22(16)3/h6-10,12,15H,4-5,11H2,1-3H3. The lowest BCUT2D eigenvalue weighted by Crippen LogP contribution is -2.57. The van der Waals surface area contributed by atoms with E-state index in [2.05, 4.69) is 13.0 Å². The predicted molar refractivity (Wildman–Crippen MR) is 99.1 cm³/mol. The highest BCUT2D eigenvalue weighted by Crippen LogP contribution is 2.33. The minimum Gasteiger partial charge on any atom is -0.312 e. The maximum atomic E-state index is 12.9. The maximum Gasteiger partial charge on any atom is 0.249 e. The molecule has 4 nitrogen and oxygen atoms in total. The third kappa shape index (κ3) is 2.75. The number of nitrogens with zero attached hydrogens (tertiary/aromatic N) is 3. The van der Waals surface area contributed by atoms with Crippen LogP contribution in [0.3, 0.4) is 0 Å². The van der Waals surface area contributed by atoms with Crippen molar-refractivity contribution < 1.29 is 4.79 Å². The van der Waals surface area contributed by atoms with Crippen LogP contribution in [0.5, 0.6) is 0 Å². The molecule has 0 aromatic heterocycles. The number of hydrogen-bond donors (Lipinski definition) is 0. The molecule has 24 heavy (non-hydrogen) atoms. The molecule has 0 spiro atoms. The summed E-state index contributed by atoms with van der Waals surface area (Å²) in [5, 5.41) is 0.539. The monoisotopic (exact) mass is 343 g/mol. The fourth-order valence-electron chi connectivity index (χ4n) is 3.23. The van der Waals surface area contributed by atoms with Crippen molar-refractivity contribution in [1.29, 1.82) is 0 Å².